The van der Waals surface area contributed by atoms with Crippen molar-refractivity contribution in [3.8, 4) is 0 Å². The first-order valence-electron chi connectivity index (χ1n) is 6.46. The molecule has 17 heavy (non-hydrogen) atoms. The summed E-state index contributed by atoms with van der Waals surface area (Å²) in [6, 6.07) is 6.80. The van der Waals surface area contributed by atoms with Gasteiger partial charge in [-0.05, 0) is 42.9 Å². The van der Waals surface area contributed by atoms with E-state index in [-0.39, 0.29) is 5.91 Å². The SMILES string of the molecule is CCc1ccc2c(c1)CC(C)[C@H](C)N2C(C)=O. The van der Waals surface area contributed by atoms with Gasteiger partial charge in [0.2, 0.25) is 5.91 Å². The molecular weight excluding hydrogens is 210 g/mol. The van der Waals surface area contributed by atoms with Crippen LogP contribution in [0.3, 0.4) is 0 Å². The molecule has 2 rings (SSSR count). The highest BCUT2D eigenvalue weighted by Crippen LogP contribution is 2.34. The van der Waals surface area contributed by atoms with E-state index in [0.717, 1.165) is 18.5 Å². The summed E-state index contributed by atoms with van der Waals surface area (Å²) in [5.41, 5.74) is 3.79. The highest BCUT2D eigenvalue weighted by molar-refractivity contribution is 5.93. The van der Waals surface area contributed by atoms with Gasteiger partial charge in [0, 0.05) is 18.7 Å². The van der Waals surface area contributed by atoms with Crippen molar-refractivity contribution in [1.29, 1.82) is 0 Å². The molecule has 0 N–H and O–H groups in total. The van der Waals surface area contributed by atoms with Crippen molar-refractivity contribution >= 4 is 11.6 Å². The maximum atomic E-state index is 11.8. The van der Waals surface area contributed by atoms with Crippen LogP contribution < -0.4 is 4.90 Å². The normalized spacial score (nSPS) is 23.4. The summed E-state index contributed by atoms with van der Waals surface area (Å²) in [7, 11) is 0. The number of anilines is 1. The van der Waals surface area contributed by atoms with Gasteiger partial charge in [-0.1, -0.05) is 26.0 Å². The molecule has 0 aliphatic carbocycles. The third-order valence-electron chi connectivity index (χ3n) is 3.92. The second-order valence-electron chi connectivity index (χ2n) is 5.13. The molecule has 0 saturated heterocycles. The van der Waals surface area contributed by atoms with Gasteiger partial charge in [0.15, 0.2) is 0 Å². The monoisotopic (exact) mass is 231 g/mol. The minimum Gasteiger partial charge on any atom is -0.309 e. The number of carbonyl (C=O) groups is 1. The molecule has 1 aromatic carbocycles. The van der Waals surface area contributed by atoms with Crippen molar-refractivity contribution in [2.24, 2.45) is 5.92 Å². The number of amides is 1. The fraction of sp³-hybridized carbons (Fsp3) is 0.533. The van der Waals surface area contributed by atoms with E-state index in [9.17, 15) is 4.79 Å². The average Bonchev–Trinajstić information content (AvgIpc) is 2.29. The number of hydrogen-bond donors (Lipinski definition) is 0. The van der Waals surface area contributed by atoms with Gasteiger partial charge >= 0.3 is 0 Å². The Morgan fingerprint density at radius 1 is 1.41 bits per heavy atom. The van der Waals surface area contributed by atoms with Crippen LogP contribution in [-0.4, -0.2) is 11.9 Å². The maximum absolute atomic E-state index is 11.8. The average molecular weight is 231 g/mol. The number of aryl methyl sites for hydroxylation is 1. The van der Waals surface area contributed by atoms with Gasteiger partial charge in [0.05, 0.1) is 0 Å². The van der Waals surface area contributed by atoms with Crippen LogP contribution in [0.25, 0.3) is 0 Å². The molecule has 1 heterocycles. The summed E-state index contributed by atoms with van der Waals surface area (Å²) in [5.74, 6) is 0.674. The molecule has 0 spiro atoms. The van der Waals surface area contributed by atoms with E-state index in [4.69, 9.17) is 0 Å². The van der Waals surface area contributed by atoms with Crippen LogP contribution in [0.15, 0.2) is 18.2 Å². The zero-order chi connectivity index (χ0) is 12.6. The van der Waals surface area contributed by atoms with Crippen molar-refractivity contribution in [3.05, 3.63) is 29.3 Å². The first-order chi connectivity index (χ1) is 8.04. The minimum absolute atomic E-state index is 0.148. The number of carbonyl (C=O) groups excluding carboxylic acids is 1. The van der Waals surface area contributed by atoms with Gasteiger partial charge in [0.25, 0.3) is 0 Å². The highest BCUT2D eigenvalue weighted by atomic mass is 16.2. The molecule has 2 atom stereocenters. The van der Waals surface area contributed by atoms with Crippen molar-refractivity contribution in [2.45, 2.75) is 46.6 Å². The molecule has 0 radical (unpaired) electrons. The molecule has 1 aliphatic rings. The molecule has 1 unspecified atom stereocenters. The standard InChI is InChI=1S/C15H21NO/c1-5-13-6-7-15-14(9-13)8-10(2)11(3)16(15)12(4)17/h6-7,9-11H,5,8H2,1-4H3/t10?,11-/m0/s1. The first kappa shape index (κ1) is 12.2. The predicted octanol–water partition coefficient (Wildman–Crippen LogP) is 3.18. The fourth-order valence-corrected chi connectivity index (χ4v) is 2.70. The second-order valence-corrected chi connectivity index (χ2v) is 5.13. The van der Waals surface area contributed by atoms with Crippen LogP contribution in [0.4, 0.5) is 5.69 Å². The van der Waals surface area contributed by atoms with E-state index < -0.39 is 0 Å². The molecule has 1 amide bonds. The molecular formula is C15H21NO. The van der Waals surface area contributed by atoms with Gasteiger partial charge in [-0.25, -0.2) is 0 Å². The predicted molar refractivity (Wildman–Crippen MR) is 71.3 cm³/mol. The van der Waals surface area contributed by atoms with Gasteiger partial charge in [-0.15, -0.1) is 0 Å². The van der Waals surface area contributed by atoms with E-state index in [1.165, 1.54) is 11.1 Å². The topological polar surface area (TPSA) is 20.3 Å². The maximum Gasteiger partial charge on any atom is 0.224 e. The molecule has 2 nitrogen and oxygen atoms in total. The van der Waals surface area contributed by atoms with Crippen LogP contribution >= 0.6 is 0 Å². The quantitative estimate of drug-likeness (QED) is 0.727. The molecule has 92 valence electrons. The smallest absolute Gasteiger partial charge is 0.224 e. The first-order valence-corrected chi connectivity index (χ1v) is 6.46. The molecule has 0 fully saturated rings. The number of nitrogens with zero attached hydrogens (tertiary/aromatic N) is 1. The summed E-state index contributed by atoms with van der Waals surface area (Å²) in [6.07, 6.45) is 2.13. The Hall–Kier alpha value is -1.31. The van der Waals surface area contributed by atoms with Crippen molar-refractivity contribution in [3.63, 3.8) is 0 Å². The van der Waals surface area contributed by atoms with E-state index in [2.05, 4.69) is 39.0 Å². The Morgan fingerprint density at radius 2 is 2.12 bits per heavy atom. The molecule has 0 saturated carbocycles. The summed E-state index contributed by atoms with van der Waals surface area (Å²) >= 11 is 0. The van der Waals surface area contributed by atoms with Crippen molar-refractivity contribution < 1.29 is 4.79 Å². The van der Waals surface area contributed by atoms with E-state index in [0.29, 0.717) is 12.0 Å². The lowest BCUT2D eigenvalue weighted by molar-refractivity contribution is -0.117. The third-order valence-corrected chi connectivity index (χ3v) is 3.92. The molecule has 2 heteroatoms. The molecule has 0 bridgehead atoms. The lowest BCUT2D eigenvalue weighted by atomic mass is 9.86. The van der Waals surface area contributed by atoms with Crippen LogP contribution in [0.2, 0.25) is 0 Å². The Labute approximate surface area is 104 Å². The van der Waals surface area contributed by atoms with Gasteiger partial charge in [-0.3, -0.25) is 4.79 Å². The third kappa shape index (κ3) is 2.08. The molecule has 1 aromatic rings. The summed E-state index contributed by atoms with van der Waals surface area (Å²) in [6.45, 7) is 8.19. The Bertz CT molecular complexity index is 439. The van der Waals surface area contributed by atoms with Crippen molar-refractivity contribution in [2.75, 3.05) is 4.90 Å². The van der Waals surface area contributed by atoms with E-state index >= 15 is 0 Å². The zero-order valence-electron chi connectivity index (χ0n) is 11.2. The van der Waals surface area contributed by atoms with Gasteiger partial charge < -0.3 is 4.90 Å². The van der Waals surface area contributed by atoms with Crippen LogP contribution in [-0.2, 0) is 17.6 Å². The highest BCUT2D eigenvalue weighted by Gasteiger charge is 2.30. The van der Waals surface area contributed by atoms with E-state index in [1.54, 1.807) is 6.92 Å². The minimum atomic E-state index is 0.148. The lowest BCUT2D eigenvalue weighted by Gasteiger charge is -2.39. The van der Waals surface area contributed by atoms with Crippen LogP contribution in [0.1, 0.15) is 38.8 Å². The Kier molecular flexibility index (Phi) is 3.23. The number of hydrogen-bond acceptors (Lipinski definition) is 1. The lowest BCUT2D eigenvalue weighted by Crippen LogP contribution is -2.45. The Balaban J connectivity index is 2.49. The van der Waals surface area contributed by atoms with Crippen molar-refractivity contribution in [1.82, 2.24) is 0 Å². The Morgan fingerprint density at radius 3 is 2.71 bits per heavy atom. The van der Waals surface area contributed by atoms with Crippen LogP contribution in [0.5, 0.6) is 0 Å². The summed E-state index contributed by atoms with van der Waals surface area (Å²) in [5, 5.41) is 0. The largest absolute Gasteiger partial charge is 0.309 e. The van der Waals surface area contributed by atoms with Gasteiger partial charge in [-0.2, -0.15) is 0 Å². The molecule has 1 aliphatic heterocycles. The van der Waals surface area contributed by atoms with Gasteiger partial charge in [0.1, 0.15) is 0 Å². The zero-order valence-corrected chi connectivity index (χ0v) is 11.2. The number of rotatable bonds is 1. The second kappa shape index (κ2) is 4.52. The van der Waals surface area contributed by atoms with E-state index in [1.807, 2.05) is 4.90 Å². The van der Waals surface area contributed by atoms with Crippen LogP contribution in [0, 0.1) is 5.92 Å². The fourth-order valence-electron chi connectivity index (χ4n) is 2.70. The summed E-state index contributed by atoms with van der Waals surface area (Å²) in [4.78, 5) is 13.7. The molecule has 0 aromatic heterocycles. The number of benzene rings is 1. The number of fused-ring (bicyclic) bond motifs is 1. The summed E-state index contributed by atoms with van der Waals surface area (Å²) < 4.78 is 0.